The zero-order valence-corrected chi connectivity index (χ0v) is 20.4. The summed E-state index contributed by atoms with van der Waals surface area (Å²) in [6, 6.07) is 14.3. The van der Waals surface area contributed by atoms with Gasteiger partial charge in [-0.25, -0.2) is 0 Å². The molecule has 1 saturated heterocycles. The zero-order valence-electron chi connectivity index (χ0n) is 19.6. The standard InChI is InChI=1S/C26H32N4O2S/c1-18-4-8-22(9-5-18)27-26(33)30(11-10-29-12-14-32-15-13-29)17-21-16-23-19(2)6-7-20(3)24(23)28-25(21)31/h4-9,16H,10-15,17H2,1-3H3,(H,27,33)(H,28,31). The average molecular weight is 465 g/mol. The number of nitrogens with one attached hydrogen (secondary N) is 2. The van der Waals surface area contributed by atoms with Gasteiger partial charge in [0, 0.05) is 42.8 Å². The predicted molar refractivity (Wildman–Crippen MR) is 139 cm³/mol. The SMILES string of the molecule is Cc1ccc(NC(=S)N(CCN2CCOCC2)Cc2cc3c(C)ccc(C)c3[nH]c2=O)cc1. The number of benzene rings is 2. The molecular formula is C26H32N4O2S. The summed E-state index contributed by atoms with van der Waals surface area (Å²) in [5, 5.41) is 5.05. The first kappa shape index (κ1) is 23.4. The Kier molecular flexibility index (Phi) is 7.42. The highest BCUT2D eigenvalue weighted by Gasteiger charge is 2.17. The van der Waals surface area contributed by atoms with Crippen molar-refractivity contribution in [3.63, 3.8) is 0 Å². The van der Waals surface area contributed by atoms with Crippen LogP contribution in [0.4, 0.5) is 5.69 Å². The van der Waals surface area contributed by atoms with Crippen LogP contribution in [-0.4, -0.2) is 59.3 Å². The second kappa shape index (κ2) is 10.5. The van der Waals surface area contributed by atoms with Crippen LogP contribution in [0.25, 0.3) is 10.9 Å². The minimum atomic E-state index is -0.0642. The van der Waals surface area contributed by atoms with Crippen LogP contribution in [0.2, 0.25) is 0 Å². The van der Waals surface area contributed by atoms with E-state index in [-0.39, 0.29) is 5.56 Å². The molecule has 2 heterocycles. The van der Waals surface area contributed by atoms with Gasteiger partial charge in [0.1, 0.15) is 0 Å². The molecule has 4 rings (SSSR count). The number of hydrogen-bond donors (Lipinski definition) is 2. The van der Waals surface area contributed by atoms with Crippen LogP contribution in [0.1, 0.15) is 22.3 Å². The van der Waals surface area contributed by atoms with Gasteiger partial charge in [-0.3, -0.25) is 9.69 Å². The molecule has 174 valence electrons. The largest absolute Gasteiger partial charge is 0.379 e. The molecule has 0 aliphatic carbocycles. The number of thiocarbonyl (C=S) groups is 1. The Labute approximate surface area is 200 Å². The van der Waals surface area contributed by atoms with Crippen molar-refractivity contribution in [3.05, 3.63) is 75.1 Å². The maximum atomic E-state index is 13.0. The predicted octanol–water partition coefficient (Wildman–Crippen LogP) is 3.98. The van der Waals surface area contributed by atoms with E-state index in [0.717, 1.165) is 67.1 Å². The van der Waals surface area contributed by atoms with E-state index < -0.39 is 0 Å². The smallest absolute Gasteiger partial charge is 0.253 e. The van der Waals surface area contributed by atoms with E-state index in [1.165, 1.54) is 5.56 Å². The Balaban J connectivity index is 1.58. The Morgan fingerprint density at radius 2 is 1.79 bits per heavy atom. The molecule has 2 N–H and O–H groups in total. The first-order chi connectivity index (χ1) is 15.9. The van der Waals surface area contributed by atoms with Crippen molar-refractivity contribution < 1.29 is 4.74 Å². The fraction of sp³-hybridized carbons (Fsp3) is 0.385. The van der Waals surface area contributed by atoms with Gasteiger partial charge in [0.05, 0.1) is 25.3 Å². The van der Waals surface area contributed by atoms with Crippen molar-refractivity contribution in [1.82, 2.24) is 14.8 Å². The lowest BCUT2D eigenvalue weighted by molar-refractivity contribution is 0.0358. The van der Waals surface area contributed by atoms with E-state index in [4.69, 9.17) is 17.0 Å². The number of aromatic amines is 1. The second-order valence-corrected chi connectivity index (χ2v) is 9.17. The molecule has 33 heavy (non-hydrogen) atoms. The number of pyridine rings is 1. The lowest BCUT2D eigenvalue weighted by Gasteiger charge is -2.31. The van der Waals surface area contributed by atoms with Crippen LogP contribution in [0.3, 0.4) is 0 Å². The third-order valence-electron chi connectivity index (χ3n) is 6.26. The topological polar surface area (TPSA) is 60.6 Å². The summed E-state index contributed by atoms with van der Waals surface area (Å²) in [6.07, 6.45) is 0. The van der Waals surface area contributed by atoms with E-state index in [0.29, 0.717) is 17.2 Å². The van der Waals surface area contributed by atoms with E-state index in [1.54, 1.807) is 0 Å². The minimum Gasteiger partial charge on any atom is -0.379 e. The maximum absolute atomic E-state index is 13.0. The first-order valence-corrected chi connectivity index (χ1v) is 11.9. The fourth-order valence-electron chi connectivity index (χ4n) is 4.12. The number of rotatable bonds is 6. The van der Waals surface area contributed by atoms with Gasteiger partial charge in [0.2, 0.25) is 0 Å². The molecule has 1 aliphatic heterocycles. The number of nitrogens with zero attached hydrogens (tertiary/aromatic N) is 2. The van der Waals surface area contributed by atoms with Gasteiger partial charge in [-0.2, -0.15) is 0 Å². The van der Waals surface area contributed by atoms with Crippen LogP contribution in [0.5, 0.6) is 0 Å². The summed E-state index contributed by atoms with van der Waals surface area (Å²) in [7, 11) is 0. The number of ether oxygens (including phenoxy) is 1. The number of H-pyrrole nitrogens is 1. The second-order valence-electron chi connectivity index (χ2n) is 8.78. The molecule has 1 aromatic heterocycles. The number of aromatic nitrogens is 1. The van der Waals surface area contributed by atoms with Crippen molar-refractivity contribution >= 4 is 33.9 Å². The van der Waals surface area contributed by atoms with Crippen LogP contribution < -0.4 is 10.9 Å². The lowest BCUT2D eigenvalue weighted by Crippen LogP contribution is -2.44. The normalized spacial score (nSPS) is 14.4. The molecule has 7 heteroatoms. The van der Waals surface area contributed by atoms with Crippen molar-refractivity contribution in [1.29, 1.82) is 0 Å². The summed E-state index contributed by atoms with van der Waals surface area (Å²) in [4.78, 5) is 20.6. The third-order valence-corrected chi connectivity index (χ3v) is 6.62. The van der Waals surface area contributed by atoms with Crippen molar-refractivity contribution in [3.8, 4) is 0 Å². The summed E-state index contributed by atoms with van der Waals surface area (Å²) < 4.78 is 5.48. The molecule has 6 nitrogen and oxygen atoms in total. The summed E-state index contributed by atoms with van der Waals surface area (Å²) >= 11 is 5.80. The van der Waals surface area contributed by atoms with Crippen LogP contribution >= 0.6 is 12.2 Å². The van der Waals surface area contributed by atoms with Gasteiger partial charge in [-0.1, -0.05) is 29.8 Å². The highest BCUT2D eigenvalue weighted by Crippen LogP contribution is 2.20. The number of hydrogen-bond acceptors (Lipinski definition) is 4. The molecule has 3 aromatic rings. The average Bonchev–Trinajstić information content (AvgIpc) is 2.82. The van der Waals surface area contributed by atoms with Gasteiger partial charge in [-0.05, 0) is 62.3 Å². The van der Waals surface area contributed by atoms with E-state index in [1.807, 2.05) is 31.2 Å². The third kappa shape index (κ3) is 5.79. The number of anilines is 1. The molecule has 2 aromatic carbocycles. The summed E-state index contributed by atoms with van der Waals surface area (Å²) in [5.41, 5.74) is 5.92. The van der Waals surface area contributed by atoms with Gasteiger partial charge < -0.3 is 19.9 Å². The van der Waals surface area contributed by atoms with Gasteiger partial charge in [0.25, 0.3) is 5.56 Å². The molecule has 0 spiro atoms. The van der Waals surface area contributed by atoms with Gasteiger partial charge >= 0.3 is 0 Å². The minimum absolute atomic E-state index is 0.0642. The molecule has 1 fully saturated rings. The summed E-state index contributed by atoms with van der Waals surface area (Å²) in [6.45, 7) is 11.5. The monoisotopic (exact) mass is 464 g/mol. The first-order valence-electron chi connectivity index (χ1n) is 11.5. The molecule has 0 amide bonds. The van der Waals surface area contributed by atoms with Crippen LogP contribution in [0, 0.1) is 20.8 Å². The molecule has 0 unspecified atom stereocenters. The molecule has 0 atom stereocenters. The van der Waals surface area contributed by atoms with Gasteiger partial charge in [-0.15, -0.1) is 0 Å². The van der Waals surface area contributed by atoms with E-state index in [9.17, 15) is 4.79 Å². The van der Waals surface area contributed by atoms with E-state index >= 15 is 0 Å². The van der Waals surface area contributed by atoms with Crippen LogP contribution in [0.15, 0.2) is 47.3 Å². The van der Waals surface area contributed by atoms with Crippen molar-refractivity contribution in [2.24, 2.45) is 0 Å². The maximum Gasteiger partial charge on any atom is 0.253 e. The Hall–Kier alpha value is -2.74. The highest BCUT2D eigenvalue weighted by molar-refractivity contribution is 7.80. The molecule has 0 bridgehead atoms. The Morgan fingerprint density at radius 3 is 2.52 bits per heavy atom. The van der Waals surface area contributed by atoms with Crippen molar-refractivity contribution in [2.45, 2.75) is 27.3 Å². The molecule has 0 saturated carbocycles. The lowest BCUT2D eigenvalue weighted by atomic mass is 10.0. The number of aryl methyl sites for hydroxylation is 3. The quantitative estimate of drug-likeness (QED) is 0.538. The molecule has 1 aliphatic rings. The Morgan fingerprint density at radius 1 is 1.09 bits per heavy atom. The zero-order chi connectivity index (χ0) is 23.4. The number of morpholine rings is 1. The summed E-state index contributed by atoms with van der Waals surface area (Å²) in [5.74, 6) is 0. The molecular weight excluding hydrogens is 432 g/mol. The fourth-order valence-corrected chi connectivity index (χ4v) is 4.39. The molecule has 0 radical (unpaired) electrons. The van der Waals surface area contributed by atoms with Gasteiger partial charge in [0.15, 0.2) is 5.11 Å². The Bertz CT molecular complexity index is 1180. The van der Waals surface area contributed by atoms with Crippen LogP contribution in [-0.2, 0) is 11.3 Å². The number of fused-ring (bicyclic) bond motifs is 1. The van der Waals surface area contributed by atoms with Crippen molar-refractivity contribution in [2.75, 3.05) is 44.7 Å². The highest BCUT2D eigenvalue weighted by atomic mass is 32.1. The van der Waals surface area contributed by atoms with E-state index in [2.05, 4.69) is 52.1 Å².